The molecule has 0 atom stereocenters. The normalized spacial score (nSPS) is 11.1. The molecule has 3 heterocycles. The fourth-order valence-electron chi connectivity index (χ4n) is 2.25. The Kier molecular flexibility index (Phi) is 4.87. The van der Waals surface area contributed by atoms with E-state index < -0.39 is 0 Å². The number of rotatable bonds is 6. The molecule has 110 valence electrons. The van der Waals surface area contributed by atoms with Crippen molar-refractivity contribution in [3.63, 3.8) is 0 Å². The summed E-state index contributed by atoms with van der Waals surface area (Å²) in [6.07, 6.45) is 5.18. The van der Waals surface area contributed by atoms with Gasteiger partial charge in [0.2, 0.25) is 0 Å². The van der Waals surface area contributed by atoms with Gasteiger partial charge >= 0.3 is 0 Å². The molecule has 0 saturated carbocycles. The molecular weight excluding hydrogens is 366 g/mol. The first-order valence-corrected chi connectivity index (χ1v) is 9.36. The predicted octanol–water partition coefficient (Wildman–Crippen LogP) is 5.26. The zero-order valence-electron chi connectivity index (χ0n) is 11.7. The first-order valence-electron chi connectivity index (χ1n) is 6.92. The van der Waals surface area contributed by atoms with Gasteiger partial charge in [-0.3, -0.25) is 4.98 Å². The van der Waals surface area contributed by atoms with E-state index in [1.807, 2.05) is 6.20 Å². The van der Waals surface area contributed by atoms with Crippen LogP contribution in [0.2, 0.25) is 0 Å². The van der Waals surface area contributed by atoms with Crippen molar-refractivity contribution in [2.75, 3.05) is 11.9 Å². The molecule has 3 aromatic heterocycles. The highest BCUT2D eigenvalue weighted by atomic mass is 79.9. The summed E-state index contributed by atoms with van der Waals surface area (Å²) >= 11 is 6.77. The molecule has 3 aromatic rings. The SMILES string of the molecule is Cc1cc(Br)cnc1CCCCNc1nsc2ccsc12. The fraction of sp³-hybridized carbons (Fsp3) is 0.333. The summed E-state index contributed by atoms with van der Waals surface area (Å²) < 4.78 is 8.07. The molecule has 0 aliphatic heterocycles. The van der Waals surface area contributed by atoms with Crippen molar-refractivity contribution in [3.8, 4) is 0 Å². The van der Waals surface area contributed by atoms with Crippen LogP contribution in [0.5, 0.6) is 0 Å². The van der Waals surface area contributed by atoms with Crippen LogP contribution in [0, 0.1) is 6.92 Å². The van der Waals surface area contributed by atoms with Gasteiger partial charge in [-0.15, -0.1) is 11.3 Å². The van der Waals surface area contributed by atoms with Crippen molar-refractivity contribution >= 4 is 54.0 Å². The van der Waals surface area contributed by atoms with E-state index in [1.54, 1.807) is 22.9 Å². The number of aromatic nitrogens is 2. The van der Waals surface area contributed by atoms with Gasteiger partial charge < -0.3 is 5.32 Å². The Morgan fingerprint density at radius 3 is 3.10 bits per heavy atom. The second kappa shape index (κ2) is 6.85. The molecule has 0 saturated heterocycles. The van der Waals surface area contributed by atoms with Crippen molar-refractivity contribution < 1.29 is 0 Å². The largest absolute Gasteiger partial charge is 0.368 e. The second-order valence-electron chi connectivity index (χ2n) is 4.95. The second-order valence-corrected chi connectivity index (χ2v) is 7.58. The van der Waals surface area contributed by atoms with Crippen molar-refractivity contribution in [1.29, 1.82) is 0 Å². The van der Waals surface area contributed by atoms with Crippen LogP contribution in [0.1, 0.15) is 24.1 Å². The van der Waals surface area contributed by atoms with Crippen LogP contribution >= 0.6 is 38.8 Å². The Bertz CT molecular complexity index is 735. The standard InChI is InChI=1S/C15H16BrN3S2/c1-10-8-11(16)9-18-12(10)4-2-3-6-17-15-14-13(21-19-15)5-7-20-14/h5,7-9H,2-4,6H2,1H3,(H,17,19). The van der Waals surface area contributed by atoms with Crippen LogP contribution in [-0.4, -0.2) is 15.9 Å². The number of nitrogens with zero attached hydrogens (tertiary/aromatic N) is 2. The molecule has 0 spiro atoms. The molecule has 0 unspecified atom stereocenters. The number of hydrogen-bond donors (Lipinski definition) is 1. The Hall–Kier alpha value is -0.980. The van der Waals surface area contributed by atoms with Crippen LogP contribution in [0.15, 0.2) is 28.2 Å². The van der Waals surface area contributed by atoms with Crippen LogP contribution in [0.3, 0.4) is 0 Å². The highest BCUT2D eigenvalue weighted by molar-refractivity contribution is 9.10. The summed E-state index contributed by atoms with van der Waals surface area (Å²) in [5.41, 5.74) is 2.46. The van der Waals surface area contributed by atoms with Gasteiger partial charge in [-0.2, -0.15) is 4.37 Å². The number of nitrogens with one attached hydrogen (secondary N) is 1. The van der Waals surface area contributed by atoms with Crippen molar-refractivity contribution in [3.05, 3.63) is 39.4 Å². The first-order chi connectivity index (χ1) is 10.2. The molecule has 0 aliphatic carbocycles. The third-order valence-electron chi connectivity index (χ3n) is 3.37. The lowest BCUT2D eigenvalue weighted by molar-refractivity contribution is 0.744. The molecule has 21 heavy (non-hydrogen) atoms. The number of unbranched alkanes of at least 4 members (excludes halogenated alkanes) is 1. The number of thiophene rings is 1. The van der Waals surface area contributed by atoms with Gasteiger partial charge in [-0.1, -0.05) is 0 Å². The Morgan fingerprint density at radius 2 is 2.24 bits per heavy atom. The third-order valence-corrected chi connectivity index (χ3v) is 5.66. The Morgan fingerprint density at radius 1 is 1.33 bits per heavy atom. The monoisotopic (exact) mass is 381 g/mol. The fourth-order valence-corrected chi connectivity index (χ4v) is 4.50. The van der Waals surface area contributed by atoms with Crippen molar-refractivity contribution in [2.45, 2.75) is 26.2 Å². The average Bonchev–Trinajstić information content (AvgIpc) is 3.04. The van der Waals surface area contributed by atoms with Gasteiger partial charge in [0.25, 0.3) is 0 Å². The molecule has 1 N–H and O–H groups in total. The predicted molar refractivity (Wildman–Crippen MR) is 95.6 cm³/mol. The van der Waals surface area contributed by atoms with E-state index in [-0.39, 0.29) is 0 Å². The maximum Gasteiger partial charge on any atom is 0.157 e. The van der Waals surface area contributed by atoms with E-state index in [1.165, 1.54) is 20.7 Å². The van der Waals surface area contributed by atoms with Gasteiger partial charge in [-0.05, 0) is 76.7 Å². The van der Waals surface area contributed by atoms with Crippen LogP contribution in [0.4, 0.5) is 5.82 Å². The first kappa shape index (κ1) is 14.9. The lowest BCUT2D eigenvalue weighted by atomic mass is 10.1. The number of fused-ring (bicyclic) bond motifs is 1. The molecule has 6 heteroatoms. The minimum atomic E-state index is 0.965. The topological polar surface area (TPSA) is 37.8 Å². The molecular formula is C15H16BrN3S2. The smallest absolute Gasteiger partial charge is 0.157 e. The number of hydrogen-bond acceptors (Lipinski definition) is 5. The summed E-state index contributed by atoms with van der Waals surface area (Å²) in [6.45, 7) is 3.08. The quantitative estimate of drug-likeness (QED) is 0.591. The van der Waals surface area contributed by atoms with Gasteiger partial charge in [0, 0.05) is 22.9 Å². The number of pyridine rings is 1. The van der Waals surface area contributed by atoms with Crippen molar-refractivity contribution in [2.24, 2.45) is 0 Å². The third kappa shape index (κ3) is 3.62. The van der Waals surface area contributed by atoms with E-state index in [9.17, 15) is 0 Å². The number of anilines is 1. The van der Waals surface area contributed by atoms with E-state index in [0.717, 1.165) is 36.1 Å². The molecule has 0 bridgehead atoms. The maximum atomic E-state index is 4.48. The van der Waals surface area contributed by atoms with E-state index in [2.05, 4.69) is 55.0 Å². The summed E-state index contributed by atoms with van der Waals surface area (Å²) in [6, 6.07) is 4.26. The average molecular weight is 382 g/mol. The molecule has 0 radical (unpaired) electrons. The Labute approximate surface area is 140 Å². The zero-order valence-corrected chi connectivity index (χ0v) is 14.9. The highest BCUT2D eigenvalue weighted by Crippen LogP contribution is 2.31. The minimum absolute atomic E-state index is 0.965. The van der Waals surface area contributed by atoms with Gasteiger partial charge in [0.15, 0.2) is 5.82 Å². The summed E-state index contributed by atoms with van der Waals surface area (Å²) in [5, 5.41) is 5.57. The molecule has 0 aliphatic rings. The van der Waals surface area contributed by atoms with Crippen molar-refractivity contribution in [1.82, 2.24) is 9.36 Å². The van der Waals surface area contributed by atoms with E-state index in [0.29, 0.717) is 0 Å². The zero-order chi connectivity index (χ0) is 14.7. The summed E-state index contributed by atoms with van der Waals surface area (Å²) in [4.78, 5) is 4.48. The van der Waals surface area contributed by atoms with E-state index in [4.69, 9.17) is 0 Å². The summed E-state index contributed by atoms with van der Waals surface area (Å²) in [7, 11) is 0. The van der Waals surface area contributed by atoms with Crippen LogP contribution in [-0.2, 0) is 6.42 Å². The molecule has 3 rings (SSSR count). The lowest BCUT2D eigenvalue weighted by Gasteiger charge is -2.06. The van der Waals surface area contributed by atoms with Gasteiger partial charge in [0.05, 0.1) is 9.40 Å². The summed E-state index contributed by atoms with van der Waals surface area (Å²) in [5.74, 6) is 1.04. The van der Waals surface area contributed by atoms with Gasteiger partial charge in [0.1, 0.15) is 0 Å². The van der Waals surface area contributed by atoms with Crippen LogP contribution < -0.4 is 5.32 Å². The Balaban J connectivity index is 1.45. The highest BCUT2D eigenvalue weighted by Gasteiger charge is 2.06. The number of aryl methyl sites for hydroxylation is 2. The molecule has 0 aromatic carbocycles. The number of halogens is 1. The molecule has 0 amide bonds. The lowest BCUT2D eigenvalue weighted by Crippen LogP contribution is -2.03. The maximum absolute atomic E-state index is 4.48. The van der Waals surface area contributed by atoms with E-state index >= 15 is 0 Å². The van der Waals surface area contributed by atoms with Gasteiger partial charge in [-0.25, -0.2) is 0 Å². The molecule has 3 nitrogen and oxygen atoms in total. The van der Waals surface area contributed by atoms with Crippen LogP contribution in [0.25, 0.3) is 9.40 Å². The minimum Gasteiger partial charge on any atom is -0.368 e. The molecule has 0 fully saturated rings.